The van der Waals surface area contributed by atoms with Crippen LogP contribution in [0.5, 0.6) is 5.95 Å². The van der Waals surface area contributed by atoms with Gasteiger partial charge in [-0.3, -0.25) is 4.79 Å². The van der Waals surface area contributed by atoms with E-state index < -0.39 is 11.9 Å². The summed E-state index contributed by atoms with van der Waals surface area (Å²) in [5, 5.41) is 11.8. The Morgan fingerprint density at radius 1 is 1.15 bits per heavy atom. The first-order chi connectivity index (χ1) is 9.60. The minimum atomic E-state index is -0.705. The number of aromatic hydroxyl groups is 1. The van der Waals surface area contributed by atoms with Crippen molar-refractivity contribution in [3.8, 4) is 5.95 Å². The molecule has 100 valence electrons. The Bertz CT molecular complexity index is 892. The van der Waals surface area contributed by atoms with Crippen LogP contribution in [-0.2, 0) is 4.74 Å². The molecule has 0 radical (unpaired) electrons. The summed E-state index contributed by atoms with van der Waals surface area (Å²) in [6.45, 7) is 0. The van der Waals surface area contributed by atoms with Gasteiger partial charge in [-0.1, -0.05) is 12.1 Å². The van der Waals surface area contributed by atoms with Gasteiger partial charge in [-0.2, -0.15) is 0 Å². The van der Waals surface area contributed by atoms with Gasteiger partial charge in [0.15, 0.2) is 5.43 Å². The molecule has 0 saturated heterocycles. The average molecular weight is 270 g/mol. The van der Waals surface area contributed by atoms with Crippen molar-refractivity contribution in [3.05, 3.63) is 52.2 Å². The normalized spacial score (nSPS) is 10.8. The molecule has 0 aliphatic rings. The second kappa shape index (κ2) is 4.38. The molecule has 0 aliphatic heterocycles. The lowest BCUT2D eigenvalue weighted by molar-refractivity contribution is 0.0593. The van der Waals surface area contributed by atoms with Gasteiger partial charge in [0, 0.05) is 5.39 Å². The van der Waals surface area contributed by atoms with E-state index in [0.717, 1.165) is 5.39 Å². The molecule has 0 saturated carbocycles. The fourth-order valence-corrected chi connectivity index (χ4v) is 2.16. The van der Waals surface area contributed by atoms with E-state index in [1.165, 1.54) is 25.3 Å². The van der Waals surface area contributed by atoms with E-state index in [4.69, 9.17) is 4.42 Å². The molecule has 2 aromatic carbocycles. The zero-order valence-corrected chi connectivity index (χ0v) is 10.5. The molecule has 0 unspecified atom stereocenters. The van der Waals surface area contributed by atoms with E-state index in [9.17, 15) is 14.7 Å². The van der Waals surface area contributed by atoms with Crippen LogP contribution in [0.4, 0.5) is 0 Å². The van der Waals surface area contributed by atoms with Crippen LogP contribution in [0.1, 0.15) is 10.4 Å². The molecule has 20 heavy (non-hydrogen) atoms. The summed E-state index contributed by atoms with van der Waals surface area (Å²) >= 11 is 0. The summed E-state index contributed by atoms with van der Waals surface area (Å²) in [5.41, 5.74) is 0.162. The standard InChI is InChI=1S/C15H10O5/c1-19-14(17)12-7-11-10-6-9(16)4-2-8(10)3-5-13(11)20-15(12)18/h2-7,18H,1H3. The molecule has 1 aromatic heterocycles. The first-order valence-electron chi connectivity index (χ1n) is 5.88. The molecule has 0 atom stereocenters. The summed E-state index contributed by atoms with van der Waals surface area (Å²) in [6, 6.07) is 9.53. The summed E-state index contributed by atoms with van der Waals surface area (Å²) in [7, 11) is 1.21. The van der Waals surface area contributed by atoms with Gasteiger partial charge in [-0.05, 0) is 35.0 Å². The van der Waals surface area contributed by atoms with E-state index in [-0.39, 0.29) is 11.0 Å². The zero-order valence-electron chi connectivity index (χ0n) is 10.5. The van der Waals surface area contributed by atoms with Gasteiger partial charge < -0.3 is 14.3 Å². The molecule has 0 amide bonds. The van der Waals surface area contributed by atoms with Crippen molar-refractivity contribution in [1.82, 2.24) is 0 Å². The van der Waals surface area contributed by atoms with Gasteiger partial charge in [0.25, 0.3) is 5.95 Å². The van der Waals surface area contributed by atoms with Crippen LogP contribution in [0, 0.1) is 0 Å². The highest BCUT2D eigenvalue weighted by Gasteiger charge is 2.16. The molecule has 0 bridgehead atoms. The van der Waals surface area contributed by atoms with Crippen LogP contribution >= 0.6 is 0 Å². The molecule has 1 N–H and O–H groups in total. The Morgan fingerprint density at radius 3 is 2.65 bits per heavy atom. The number of hydrogen-bond acceptors (Lipinski definition) is 5. The second-order valence-electron chi connectivity index (χ2n) is 4.32. The number of carbonyl (C=O) groups is 1. The Kier molecular flexibility index (Phi) is 2.68. The van der Waals surface area contributed by atoms with Crippen LogP contribution in [-0.4, -0.2) is 18.2 Å². The lowest BCUT2D eigenvalue weighted by Crippen LogP contribution is -2.02. The van der Waals surface area contributed by atoms with Crippen LogP contribution in [0.25, 0.3) is 21.7 Å². The fraction of sp³-hybridized carbons (Fsp3) is 0.0667. The maximum atomic E-state index is 11.6. The molecule has 0 aliphatic carbocycles. The van der Waals surface area contributed by atoms with Gasteiger partial charge in [0.1, 0.15) is 11.1 Å². The SMILES string of the molecule is COC(=O)c1cc2c(ccc3ccc(=O)cc32)oc1O. The van der Waals surface area contributed by atoms with Crippen LogP contribution < -0.4 is 5.43 Å². The Hall–Kier alpha value is -2.82. The number of hydrogen-bond donors (Lipinski definition) is 1. The number of esters is 1. The molecular weight excluding hydrogens is 260 g/mol. The third-order valence-corrected chi connectivity index (χ3v) is 3.13. The topological polar surface area (TPSA) is 76.7 Å². The maximum absolute atomic E-state index is 11.6. The van der Waals surface area contributed by atoms with E-state index >= 15 is 0 Å². The van der Waals surface area contributed by atoms with E-state index in [0.29, 0.717) is 16.4 Å². The smallest absolute Gasteiger partial charge is 0.345 e. The van der Waals surface area contributed by atoms with Gasteiger partial charge >= 0.3 is 5.97 Å². The summed E-state index contributed by atoms with van der Waals surface area (Å²) in [6.07, 6.45) is 0. The molecule has 0 fully saturated rings. The highest BCUT2D eigenvalue weighted by molar-refractivity contribution is 6.07. The lowest BCUT2D eigenvalue weighted by atomic mass is 10.0. The predicted octanol–water partition coefficient (Wildman–Crippen LogP) is 2.44. The quantitative estimate of drug-likeness (QED) is 0.543. The number of carbonyl (C=O) groups excluding carboxylic acids is 1. The first-order valence-corrected chi connectivity index (χ1v) is 5.88. The number of fused-ring (bicyclic) bond motifs is 3. The van der Waals surface area contributed by atoms with Crippen molar-refractivity contribution >= 4 is 27.7 Å². The van der Waals surface area contributed by atoms with Crippen LogP contribution in [0.3, 0.4) is 0 Å². The van der Waals surface area contributed by atoms with Crippen molar-refractivity contribution < 1.29 is 19.1 Å². The maximum Gasteiger partial charge on any atom is 0.345 e. The third kappa shape index (κ3) is 1.80. The molecule has 5 nitrogen and oxygen atoms in total. The number of rotatable bonds is 1. The van der Waals surface area contributed by atoms with Gasteiger partial charge in [0.05, 0.1) is 7.11 Å². The van der Waals surface area contributed by atoms with Crippen molar-refractivity contribution in [3.63, 3.8) is 0 Å². The monoisotopic (exact) mass is 270 g/mol. The highest BCUT2D eigenvalue weighted by Crippen LogP contribution is 2.30. The minimum absolute atomic E-state index is 0.0798. The van der Waals surface area contributed by atoms with Crippen LogP contribution in [0.15, 0.2) is 45.6 Å². The number of ether oxygens (including phenoxy) is 1. The molecule has 1 heterocycles. The van der Waals surface area contributed by atoms with Crippen LogP contribution in [0.2, 0.25) is 0 Å². The third-order valence-electron chi connectivity index (χ3n) is 3.13. The second-order valence-corrected chi connectivity index (χ2v) is 4.32. The largest absolute Gasteiger partial charge is 0.480 e. The van der Waals surface area contributed by atoms with E-state index in [2.05, 4.69) is 4.74 Å². The van der Waals surface area contributed by atoms with E-state index in [1.54, 1.807) is 18.2 Å². The van der Waals surface area contributed by atoms with Crippen molar-refractivity contribution in [2.24, 2.45) is 0 Å². The summed E-state index contributed by atoms with van der Waals surface area (Å²) in [5.74, 6) is -1.22. The van der Waals surface area contributed by atoms with Gasteiger partial charge in [0.2, 0.25) is 0 Å². The van der Waals surface area contributed by atoms with Gasteiger partial charge in [-0.15, -0.1) is 0 Å². The zero-order chi connectivity index (χ0) is 14.3. The molecule has 3 aromatic rings. The lowest BCUT2D eigenvalue weighted by Gasteiger charge is -2.06. The summed E-state index contributed by atoms with van der Waals surface area (Å²) in [4.78, 5) is 23.1. The van der Waals surface area contributed by atoms with Gasteiger partial charge in [-0.25, -0.2) is 4.79 Å². The van der Waals surface area contributed by atoms with E-state index in [1.807, 2.05) is 0 Å². The molecule has 3 rings (SSSR count). The van der Waals surface area contributed by atoms with Crippen molar-refractivity contribution in [1.29, 1.82) is 0 Å². The number of benzene rings is 2. The minimum Gasteiger partial charge on any atom is -0.480 e. The molecule has 0 spiro atoms. The fourth-order valence-electron chi connectivity index (χ4n) is 2.16. The predicted molar refractivity (Wildman–Crippen MR) is 73.0 cm³/mol. The Balaban J connectivity index is 2.45. The molecular formula is C15H10O5. The first kappa shape index (κ1) is 12.2. The Labute approximate surface area is 113 Å². The average Bonchev–Trinajstić information content (AvgIpc) is 2.45. The highest BCUT2D eigenvalue weighted by atomic mass is 16.5. The number of methoxy groups -OCH3 is 1. The summed E-state index contributed by atoms with van der Waals surface area (Å²) < 4.78 is 9.80. The Morgan fingerprint density at radius 2 is 1.90 bits per heavy atom. The molecule has 5 heteroatoms. The van der Waals surface area contributed by atoms with Crippen molar-refractivity contribution in [2.75, 3.05) is 7.11 Å². The van der Waals surface area contributed by atoms with Crippen molar-refractivity contribution in [2.45, 2.75) is 0 Å².